The van der Waals surface area contributed by atoms with Gasteiger partial charge in [0, 0.05) is 12.1 Å². The molecule has 8 heteroatoms. The smallest absolute Gasteiger partial charge is 0.355 e. The third kappa shape index (κ3) is 2.63. The number of hydrogen-bond donors (Lipinski definition) is 0. The predicted octanol–water partition coefficient (Wildman–Crippen LogP) is 1.25. The Morgan fingerprint density at radius 2 is 2.10 bits per heavy atom. The zero-order valence-electron chi connectivity index (χ0n) is 10.6. The maximum absolute atomic E-state index is 11.8. The number of hydrogen-bond acceptors (Lipinski definition) is 6. The molecule has 1 heterocycles. The number of nitro benzene ring substituents is 1. The van der Waals surface area contributed by atoms with E-state index in [4.69, 9.17) is 4.74 Å². The Bertz CT molecular complexity index is 594. The SMILES string of the molecule is CCOC(=O)C1=NN(c2ccc([N+](=O)[O-])cc2)C(=O)C1. The Morgan fingerprint density at radius 3 is 2.65 bits per heavy atom. The summed E-state index contributed by atoms with van der Waals surface area (Å²) in [4.78, 5) is 33.3. The summed E-state index contributed by atoms with van der Waals surface area (Å²) in [7, 11) is 0. The number of carbonyl (C=O) groups is 2. The number of ether oxygens (including phenoxy) is 1. The monoisotopic (exact) mass is 277 g/mol. The Balaban J connectivity index is 2.22. The number of anilines is 1. The number of esters is 1. The molecule has 0 bridgehead atoms. The fourth-order valence-corrected chi connectivity index (χ4v) is 1.67. The molecule has 0 saturated heterocycles. The van der Waals surface area contributed by atoms with Crippen molar-refractivity contribution in [2.75, 3.05) is 11.6 Å². The van der Waals surface area contributed by atoms with Gasteiger partial charge in [0.1, 0.15) is 0 Å². The Kier molecular flexibility index (Phi) is 3.74. The molecular weight excluding hydrogens is 266 g/mol. The van der Waals surface area contributed by atoms with Crippen LogP contribution >= 0.6 is 0 Å². The van der Waals surface area contributed by atoms with Crippen molar-refractivity contribution in [3.63, 3.8) is 0 Å². The molecule has 1 aliphatic heterocycles. The van der Waals surface area contributed by atoms with E-state index in [2.05, 4.69) is 5.10 Å². The highest BCUT2D eigenvalue weighted by molar-refractivity contribution is 6.42. The second-order valence-corrected chi connectivity index (χ2v) is 3.92. The molecule has 20 heavy (non-hydrogen) atoms. The molecule has 0 unspecified atom stereocenters. The van der Waals surface area contributed by atoms with E-state index < -0.39 is 10.9 Å². The van der Waals surface area contributed by atoms with Crippen LogP contribution in [0.3, 0.4) is 0 Å². The van der Waals surface area contributed by atoms with Gasteiger partial charge in [0.05, 0.1) is 23.6 Å². The maximum Gasteiger partial charge on any atom is 0.355 e. The first-order chi connectivity index (χ1) is 9.52. The summed E-state index contributed by atoms with van der Waals surface area (Å²) in [5.41, 5.74) is 0.296. The van der Waals surface area contributed by atoms with Crippen molar-refractivity contribution in [2.45, 2.75) is 13.3 Å². The minimum Gasteiger partial charge on any atom is -0.461 e. The summed E-state index contributed by atoms with van der Waals surface area (Å²) in [6, 6.07) is 5.32. The summed E-state index contributed by atoms with van der Waals surface area (Å²) < 4.78 is 4.77. The van der Waals surface area contributed by atoms with Gasteiger partial charge in [-0.1, -0.05) is 0 Å². The number of rotatable bonds is 4. The molecule has 0 spiro atoms. The predicted molar refractivity (Wildman–Crippen MR) is 69.3 cm³/mol. The summed E-state index contributed by atoms with van der Waals surface area (Å²) in [5.74, 6) is -1.02. The van der Waals surface area contributed by atoms with E-state index in [1.807, 2.05) is 0 Å². The standard InChI is InChI=1S/C12H11N3O5/c1-2-20-12(17)10-7-11(16)14(13-10)8-3-5-9(6-4-8)15(18)19/h3-6H,2,7H2,1H3. The first-order valence-electron chi connectivity index (χ1n) is 5.85. The van der Waals surface area contributed by atoms with Gasteiger partial charge < -0.3 is 4.74 Å². The largest absolute Gasteiger partial charge is 0.461 e. The van der Waals surface area contributed by atoms with Crippen molar-refractivity contribution in [3.05, 3.63) is 34.4 Å². The number of amides is 1. The van der Waals surface area contributed by atoms with Crippen molar-refractivity contribution in [3.8, 4) is 0 Å². The van der Waals surface area contributed by atoms with E-state index in [-0.39, 0.29) is 30.3 Å². The lowest BCUT2D eigenvalue weighted by Crippen LogP contribution is -2.19. The quantitative estimate of drug-likeness (QED) is 0.468. The van der Waals surface area contributed by atoms with Gasteiger partial charge in [0.2, 0.25) is 0 Å². The number of carbonyl (C=O) groups excluding carboxylic acids is 2. The van der Waals surface area contributed by atoms with Crippen LogP contribution in [0.2, 0.25) is 0 Å². The third-order valence-corrected chi connectivity index (χ3v) is 2.59. The van der Waals surface area contributed by atoms with Crippen molar-refractivity contribution in [2.24, 2.45) is 5.10 Å². The maximum atomic E-state index is 11.8. The summed E-state index contributed by atoms with van der Waals surface area (Å²) >= 11 is 0. The Labute approximate surface area is 113 Å². The summed E-state index contributed by atoms with van der Waals surface area (Å²) in [5, 5.41) is 15.5. The summed E-state index contributed by atoms with van der Waals surface area (Å²) in [6.45, 7) is 1.85. The van der Waals surface area contributed by atoms with Crippen molar-refractivity contribution < 1.29 is 19.2 Å². The van der Waals surface area contributed by atoms with Gasteiger partial charge in [-0.3, -0.25) is 14.9 Å². The highest BCUT2D eigenvalue weighted by Crippen LogP contribution is 2.23. The minimum absolute atomic E-state index is 0.0233. The van der Waals surface area contributed by atoms with Crippen LogP contribution in [0.15, 0.2) is 29.4 Å². The van der Waals surface area contributed by atoms with E-state index in [1.165, 1.54) is 24.3 Å². The molecular formula is C12H11N3O5. The average molecular weight is 277 g/mol. The molecule has 1 aliphatic rings. The molecule has 0 atom stereocenters. The molecule has 1 aromatic rings. The van der Waals surface area contributed by atoms with E-state index in [0.29, 0.717) is 5.69 Å². The highest BCUT2D eigenvalue weighted by Gasteiger charge is 2.30. The first kappa shape index (κ1) is 13.7. The Hall–Kier alpha value is -2.77. The molecule has 0 radical (unpaired) electrons. The van der Waals surface area contributed by atoms with Gasteiger partial charge in [-0.2, -0.15) is 10.1 Å². The van der Waals surface area contributed by atoms with E-state index >= 15 is 0 Å². The highest BCUT2D eigenvalue weighted by atomic mass is 16.6. The second kappa shape index (κ2) is 5.47. The molecule has 0 aliphatic carbocycles. The normalized spacial score (nSPS) is 14.2. The van der Waals surface area contributed by atoms with Crippen LogP contribution in [-0.2, 0) is 14.3 Å². The van der Waals surface area contributed by atoms with E-state index in [0.717, 1.165) is 5.01 Å². The van der Waals surface area contributed by atoms with Gasteiger partial charge >= 0.3 is 5.97 Å². The number of nitrogens with zero attached hydrogens (tertiary/aromatic N) is 3. The summed E-state index contributed by atoms with van der Waals surface area (Å²) in [6.07, 6.45) is -0.143. The molecule has 0 aromatic heterocycles. The molecule has 8 nitrogen and oxygen atoms in total. The average Bonchev–Trinajstić information content (AvgIpc) is 2.81. The van der Waals surface area contributed by atoms with Crippen molar-refractivity contribution in [1.82, 2.24) is 0 Å². The fourth-order valence-electron chi connectivity index (χ4n) is 1.67. The first-order valence-corrected chi connectivity index (χ1v) is 5.85. The molecule has 0 N–H and O–H groups in total. The second-order valence-electron chi connectivity index (χ2n) is 3.92. The van der Waals surface area contributed by atoms with E-state index in [1.54, 1.807) is 6.92 Å². The van der Waals surface area contributed by atoms with Gasteiger partial charge in [-0.15, -0.1) is 0 Å². The molecule has 0 saturated carbocycles. The molecule has 0 fully saturated rings. The molecule has 1 aromatic carbocycles. The third-order valence-electron chi connectivity index (χ3n) is 2.59. The van der Waals surface area contributed by atoms with Crippen LogP contribution in [0.25, 0.3) is 0 Å². The zero-order valence-corrected chi connectivity index (χ0v) is 10.6. The van der Waals surface area contributed by atoms with Gasteiger partial charge in [-0.05, 0) is 19.1 Å². The zero-order chi connectivity index (χ0) is 14.7. The lowest BCUT2D eigenvalue weighted by Gasteiger charge is -2.10. The van der Waals surface area contributed by atoms with Crippen LogP contribution in [0.5, 0.6) is 0 Å². The van der Waals surface area contributed by atoms with Gasteiger partial charge in [0.15, 0.2) is 5.71 Å². The van der Waals surface area contributed by atoms with Crippen LogP contribution in [-0.4, -0.2) is 29.1 Å². The fraction of sp³-hybridized carbons (Fsp3) is 0.250. The van der Waals surface area contributed by atoms with E-state index in [9.17, 15) is 19.7 Å². The van der Waals surface area contributed by atoms with Crippen molar-refractivity contribution >= 4 is 29.0 Å². The number of benzene rings is 1. The lowest BCUT2D eigenvalue weighted by molar-refractivity contribution is -0.384. The topological polar surface area (TPSA) is 102 Å². The molecule has 1 amide bonds. The van der Waals surface area contributed by atoms with Crippen LogP contribution < -0.4 is 5.01 Å². The van der Waals surface area contributed by atoms with Crippen molar-refractivity contribution in [1.29, 1.82) is 0 Å². The lowest BCUT2D eigenvalue weighted by atomic mass is 10.2. The van der Waals surface area contributed by atoms with Crippen LogP contribution in [0.4, 0.5) is 11.4 Å². The number of nitro groups is 1. The molecule has 2 rings (SSSR count). The van der Waals surface area contributed by atoms with Crippen LogP contribution in [0.1, 0.15) is 13.3 Å². The molecule has 104 valence electrons. The minimum atomic E-state index is -0.634. The van der Waals surface area contributed by atoms with Gasteiger partial charge in [0.25, 0.3) is 11.6 Å². The Morgan fingerprint density at radius 1 is 1.45 bits per heavy atom. The number of non-ortho nitro benzene ring substituents is 1. The number of hydrazone groups is 1. The van der Waals surface area contributed by atoms with Gasteiger partial charge in [-0.25, -0.2) is 4.79 Å². The van der Waals surface area contributed by atoms with Crippen LogP contribution in [0, 0.1) is 10.1 Å².